The highest BCUT2D eigenvalue weighted by Crippen LogP contribution is 2.44. The van der Waals surface area contributed by atoms with Crippen molar-refractivity contribution < 1.29 is 9.90 Å². The van der Waals surface area contributed by atoms with Gasteiger partial charge in [0.05, 0.1) is 6.54 Å². The second-order valence-electron chi connectivity index (χ2n) is 8.79. The predicted molar refractivity (Wildman–Crippen MR) is 99.4 cm³/mol. The van der Waals surface area contributed by atoms with Crippen molar-refractivity contribution in [3.8, 4) is 0 Å². The van der Waals surface area contributed by atoms with Gasteiger partial charge in [0.2, 0.25) is 5.91 Å². The molecule has 2 N–H and O–H groups in total. The zero-order valence-electron chi connectivity index (χ0n) is 16.0. The molecule has 144 valence electrons. The van der Waals surface area contributed by atoms with Crippen molar-refractivity contribution in [2.75, 3.05) is 6.54 Å². The van der Waals surface area contributed by atoms with Gasteiger partial charge in [-0.1, -0.05) is 19.8 Å². The number of imidazole rings is 1. The maximum atomic E-state index is 12.7. The first-order valence-electron chi connectivity index (χ1n) is 10.2. The summed E-state index contributed by atoms with van der Waals surface area (Å²) in [4.78, 5) is 19.4. The van der Waals surface area contributed by atoms with Crippen molar-refractivity contribution in [3.63, 3.8) is 0 Å². The molecule has 2 saturated heterocycles. The number of nitrogens with one attached hydrogen (secondary N) is 1. The number of fused-ring (bicyclic) bond motifs is 2. The van der Waals surface area contributed by atoms with Crippen LogP contribution in [0, 0.1) is 5.92 Å². The van der Waals surface area contributed by atoms with E-state index in [0.29, 0.717) is 31.3 Å². The molecule has 3 heterocycles. The Hall–Kier alpha value is -1.40. The normalized spacial score (nSPS) is 37.7. The van der Waals surface area contributed by atoms with Crippen LogP contribution in [0.3, 0.4) is 0 Å². The fourth-order valence-corrected chi connectivity index (χ4v) is 5.52. The minimum Gasteiger partial charge on any atom is -0.382 e. The Morgan fingerprint density at radius 1 is 1.27 bits per heavy atom. The summed E-state index contributed by atoms with van der Waals surface area (Å²) in [5.74, 6) is 1.50. The van der Waals surface area contributed by atoms with Crippen molar-refractivity contribution in [1.29, 1.82) is 0 Å². The summed E-state index contributed by atoms with van der Waals surface area (Å²) >= 11 is 0. The summed E-state index contributed by atoms with van der Waals surface area (Å²) in [5.41, 5.74) is -0.866. The average Bonchev–Trinajstić information content (AvgIpc) is 3.13. The number of amides is 1. The second kappa shape index (κ2) is 6.97. The Balaban J connectivity index is 1.39. The van der Waals surface area contributed by atoms with Gasteiger partial charge < -0.3 is 15.0 Å². The van der Waals surface area contributed by atoms with Crippen molar-refractivity contribution in [2.45, 2.75) is 82.0 Å². The highest BCUT2D eigenvalue weighted by Gasteiger charge is 2.50. The smallest absolute Gasteiger partial charge is 0.234 e. The predicted octanol–water partition coefficient (Wildman–Crippen LogP) is 1.93. The lowest BCUT2D eigenvalue weighted by Crippen LogP contribution is -2.54. The molecule has 6 heteroatoms. The summed E-state index contributed by atoms with van der Waals surface area (Å²) in [6.07, 6.45) is 11.9. The highest BCUT2D eigenvalue weighted by molar-refractivity contribution is 5.78. The lowest BCUT2D eigenvalue weighted by atomic mass is 9.85. The number of carbonyl (C=O) groups excluding carboxylic acids is 1. The number of hydrogen-bond acceptors (Lipinski definition) is 4. The Morgan fingerprint density at radius 2 is 1.96 bits per heavy atom. The van der Waals surface area contributed by atoms with E-state index in [9.17, 15) is 9.90 Å². The fourth-order valence-electron chi connectivity index (χ4n) is 5.52. The first-order chi connectivity index (χ1) is 12.5. The zero-order valence-corrected chi connectivity index (χ0v) is 16.0. The maximum Gasteiger partial charge on any atom is 0.234 e. The Labute approximate surface area is 156 Å². The molecule has 1 amide bonds. The van der Waals surface area contributed by atoms with Crippen molar-refractivity contribution in [3.05, 3.63) is 18.2 Å². The van der Waals surface area contributed by atoms with Crippen LogP contribution in [0.15, 0.2) is 12.4 Å². The number of piperidine rings is 1. The Kier molecular flexibility index (Phi) is 4.82. The molecule has 4 atom stereocenters. The van der Waals surface area contributed by atoms with Crippen LogP contribution in [0.4, 0.5) is 0 Å². The molecule has 26 heavy (non-hydrogen) atoms. The number of hydrogen-bond donors (Lipinski definition) is 2. The average molecular weight is 361 g/mol. The molecule has 0 spiro atoms. The van der Waals surface area contributed by atoms with E-state index in [2.05, 4.69) is 22.1 Å². The third-order valence-electron chi connectivity index (χ3n) is 6.94. The van der Waals surface area contributed by atoms with Gasteiger partial charge in [0.1, 0.15) is 11.4 Å². The SMILES string of the molecule is C[C@H]1CCCC[C@H]1NC(=O)CN1[C@H]2CC[C@H]1CC(O)(c1nccn1C)C2. The summed E-state index contributed by atoms with van der Waals surface area (Å²) in [5, 5.41) is 14.5. The minimum atomic E-state index is -0.866. The second-order valence-corrected chi connectivity index (χ2v) is 8.79. The summed E-state index contributed by atoms with van der Waals surface area (Å²) in [6.45, 7) is 2.72. The van der Waals surface area contributed by atoms with Crippen LogP contribution in [0.2, 0.25) is 0 Å². The molecule has 1 aromatic heterocycles. The van der Waals surface area contributed by atoms with Crippen molar-refractivity contribution >= 4 is 5.91 Å². The van der Waals surface area contributed by atoms with E-state index < -0.39 is 5.60 Å². The van der Waals surface area contributed by atoms with Crippen LogP contribution in [-0.4, -0.2) is 50.1 Å². The molecular weight excluding hydrogens is 328 g/mol. The molecule has 2 bridgehead atoms. The molecule has 0 unspecified atom stereocenters. The van der Waals surface area contributed by atoms with Gasteiger partial charge in [-0.15, -0.1) is 0 Å². The van der Waals surface area contributed by atoms with Crippen molar-refractivity contribution in [1.82, 2.24) is 19.8 Å². The molecule has 1 aliphatic carbocycles. The van der Waals surface area contributed by atoms with Gasteiger partial charge in [-0.05, 0) is 44.4 Å². The Bertz CT molecular complexity index is 644. The van der Waals surface area contributed by atoms with Gasteiger partial charge in [0, 0.05) is 37.6 Å². The van der Waals surface area contributed by atoms with Gasteiger partial charge in [-0.3, -0.25) is 9.69 Å². The van der Waals surface area contributed by atoms with E-state index in [4.69, 9.17) is 0 Å². The zero-order chi connectivity index (χ0) is 18.3. The van der Waals surface area contributed by atoms with E-state index in [-0.39, 0.29) is 18.0 Å². The minimum absolute atomic E-state index is 0.156. The molecular formula is C20H32N4O2. The van der Waals surface area contributed by atoms with Crippen LogP contribution < -0.4 is 5.32 Å². The van der Waals surface area contributed by atoms with E-state index in [1.807, 2.05) is 17.8 Å². The third kappa shape index (κ3) is 3.29. The molecule has 3 fully saturated rings. The largest absolute Gasteiger partial charge is 0.382 e. The van der Waals surface area contributed by atoms with Gasteiger partial charge in [0.15, 0.2) is 0 Å². The number of aliphatic hydroxyl groups is 1. The maximum absolute atomic E-state index is 12.7. The molecule has 4 rings (SSSR count). The lowest BCUT2D eigenvalue weighted by molar-refractivity contribution is -0.127. The monoisotopic (exact) mass is 360 g/mol. The molecule has 1 saturated carbocycles. The van der Waals surface area contributed by atoms with E-state index in [1.165, 1.54) is 19.3 Å². The highest BCUT2D eigenvalue weighted by atomic mass is 16.3. The van der Waals surface area contributed by atoms with Crippen LogP contribution in [0.1, 0.15) is 64.1 Å². The van der Waals surface area contributed by atoms with Crippen molar-refractivity contribution in [2.24, 2.45) is 13.0 Å². The molecule has 1 aromatic rings. The van der Waals surface area contributed by atoms with Crippen LogP contribution in [-0.2, 0) is 17.4 Å². The van der Waals surface area contributed by atoms with Gasteiger partial charge in [0.25, 0.3) is 0 Å². The summed E-state index contributed by atoms with van der Waals surface area (Å²) in [7, 11) is 1.94. The van der Waals surface area contributed by atoms with Crippen LogP contribution >= 0.6 is 0 Å². The number of aromatic nitrogens is 2. The summed E-state index contributed by atoms with van der Waals surface area (Å²) < 4.78 is 1.92. The number of nitrogens with zero attached hydrogens (tertiary/aromatic N) is 3. The standard InChI is InChI=1S/C20H32N4O2/c1-14-5-3-4-6-17(14)22-18(25)13-24-15-7-8-16(24)12-20(26,11-15)19-21-9-10-23(19)2/h9-10,14-17,26H,3-8,11-13H2,1-2H3,(H,22,25)/t14-,15-,16-,17+/m0/s1. The topological polar surface area (TPSA) is 70.4 Å². The molecule has 3 aliphatic rings. The number of rotatable bonds is 4. The van der Waals surface area contributed by atoms with Gasteiger partial charge >= 0.3 is 0 Å². The Morgan fingerprint density at radius 3 is 2.58 bits per heavy atom. The fraction of sp³-hybridized carbons (Fsp3) is 0.800. The first-order valence-corrected chi connectivity index (χ1v) is 10.2. The molecule has 6 nitrogen and oxygen atoms in total. The van der Waals surface area contributed by atoms with Gasteiger partial charge in [-0.2, -0.15) is 0 Å². The van der Waals surface area contributed by atoms with Gasteiger partial charge in [-0.25, -0.2) is 4.98 Å². The first kappa shape index (κ1) is 18.0. The quantitative estimate of drug-likeness (QED) is 0.861. The lowest BCUT2D eigenvalue weighted by Gasteiger charge is -2.43. The third-order valence-corrected chi connectivity index (χ3v) is 6.94. The number of carbonyl (C=O) groups is 1. The van der Waals surface area contributed by atoms with E-state index in [1.54, 1.807) is 6.20 Å². The number of aryl methyl sites for hydroxylation is 1. The van der Waals surface area contributed by atoms with Crippen LogP contribution in [0.25, 0.3) is 0 Å². The van der Waals surface area contributed by atoms with Crippen LogP contribution in [0.5, 0.6) is 0 Å². The van der Waals surface area contributed by atoms with E-state index in [0.717, 1.165) is 25.1 Å². The van der Waals surface area contributed by atoms with E-state index >= 15 is 0 Å². The molecule has 0 aromatic carbocycles. The molecule has 0 radical (unpaired) electrons. The summed E-state index contributed by atoms with van der Waals surface area (Å²) in [6, 6.07) is 0.873. The molecule has 2 aliphatic heterocycles.